The van der Waals surface area contributed by atoms with Gasteiger partial charge in [-0.05, 0) is 79.4 Å². The summed E-state index contributed by atoms with van der Waals surface area (Å²) in [5.74, 6) is 2.64. The van der Waals surface area contributed by atoms with E-state index < -0.39 is 43.5 Å². The second-order valence-electron chi connectivity index (χ2n) is 21.9. The highest BCUT2D eigenvalue weighted by molar-refractivity contribution is 6.90. The summed E-state index contributed by atoms with van der Waals surface area (Å²) in [5.41, 5.74) is 5.12. The molecule has 0 saturated carbocycles. The van der Waals surface area contributed by atoms with Gasteiger partial charge in [0, 0.05) is 76.6 Å². The molecular weight excluding hydrogens is 963 g/mol. The van der Waals surface area contributed by atoms with Crippen LogP contribution in [0.25, 0.3) is 32.9 Å². The van der Waals surface area contributed by atoms with E-state index in [4.69, 9.17) is 33.9 Å². The van der Waals surface area contributed by atoms with Crippen LogP contribution >= 0.6 is 0 Å². The maximum atomic E-state index is 18.1. The van der Waals surface area contributed by atoms with Crippen LogP contribution in [-0.2, 0) is 16.0 Å². The Morgan fingerprint density at radius 2 is 1.55 bits per heavy atom. The molecule has 2 aromatic heterocycles. The first-order valence-corrected chi connectivity index (χ1v) is 28.1. The molecule has 3 fully saturated rings. The first-order valence-electron chi connectivity index (χ1n) is 25.9. The highest BCUT2D eigenvalue weighted by atomic mass is 28.3. The molecule has 18 heteroatoms. The molecule has 0 radical (unpaired) electrons. The maximum absolute atomic E-state index is 18.1. The zero-order valence-corrected chi connectivity index (χ0v) is 45.5. The van der Waals surface area contributed by atoms with Crippen molar-refractivity contribution in [2.24, 2.45) is 0 Å². The molecule has 3 atom stereocenters. The lowest BCUT2D eigenvalue weighted by atomic mass is 9.95. The number of rotatable bonds is 16. The highest BCUT2D eigenvalue weighted by Crippen LogP contribution is 2.43. The first kappa shape index (κ1) is 54.1. The Bertz CT molecular complexity index is 2850. The Hall–Kier alpha value is -6.13. The van der Waals surface area contributed by atoms with E-state index in [1.54, 1.807) is 39.0 Å². The minimum Gasteiger partial charge on any atom is -0.468 e. The molecule has 3 aliphatic rings. The van der Waals surface area contributed by atoms with E-state index in [1.807, 2.05) is 23.1 Å². The number of nitrogens with one attached hydrogen (secondary N) is 1. The van der Waals surface area contributed by atoms with Gasteiger partial charge in [0.2, 0.25) is 0 Å². The number of benzene rings is 3. The average molecular weight is 1040 g/mol. The summed E-state index contributed by atoms with van der Waals surface area (Å²) in [7, 11) is -0.870. The van der Waals surface area contributed by atoms with E-state index in [2.05, 4.69) is 80.3 Å². The van der Waals surface area contributed by atoms with Gasteiger partial charge >= 0.3 is 18.2 Å². The Morgan fingerprint density at radius 3 is 2.18 bits per heavy atom. The molecule has 74 heavy (non-hydrogen) atoms. The molecule has 5 heterocycles. The third-order valence-electron chi connectivity index (χ3n) is 14.9. The maximum Gasteiger partial charge on any atom is 0.408 e. The molecule has 0 spiro atoms. The van der Waals surface area contributed by atoms with Gasteiger partial charge in [0.05, 0.1) is 29.1 Å². The number of pyridine rings is 1. The number of carbonyl (C=O) groups is 2. The summed E-state index contributed by atoms with van der Waals surface area (Å²) in [5, 5.41) is 14.4. The number of carbonyl (C=O) groups excluding carboxylic acids is 1. The van der Waals surface area contributed by atoms with Crippen molar-refractivity contribution in [1.82, 2.24) is 35.0 Å². The number of methoxy groups -OCH3 is 1. The van der Waals surface area contributed by atoms with Gasteiger partial charge in [-0.2, -0.15) is 9.97 Å². The third kappa shape index (κ3) is 11.9. The number of hydrogen-bond acceptors (Lipinski definition) is 12. The number of amides is 2. The Morgan fingerprint density at radius 1 is 0.892 bits per heavy atom. The fourth-order valence-electron chi connectivity index (χ4n) is 11.5. The van der Waals surface area contributed by atoms with E-state index in [9.17, 15) is 14.7 Å². The van der Waals surface area contributed by atoms with Gasteiger partial charge < -0.3 is 34.3 Å². The quantitative estimate of drug-likeness (QED) is 0.0548. The summed E-state index contributed by atoms with van der Waals surface area (Å²) in [6.07, 6.45) is 1.25. The number of piperazine rings is 2. The van der Waals surface area contributed by atoms with Crippen LogP contribution < -0.4 is 19.7 Å². The van der Waals surface area contributed by atoms with Gasteiger partial charge in [-0.1, -0.05) is 83.9 Å². The second kappa shape index (κ2) is 22.8. The van der Waals surface area contributed by atoms with Gasteiger partial charge in [-0.25, -0.2) is 18.4 Å². The van der Waals surface area contributed by atoms with Crippen molar-refractivity contribution in [1.29, 1.82) is 0 Å². The summed E-state index contributed by atoms with van der Waals surface area (Å²) in [4.78, 5) is 48.3. The zero-order chi connectivity index (χ0) is 53.1. The monoisotopic (exact) mass is 1030 g/mol. The Kier molecular flexibility index (Phi) is 16.7. The van der Waals surface area contributed by atoms with Crippen LogP contribution in [0.3, 0.4) is 0 Å². The van der Waals surface area contributed by atoms with Crippen LogP contribution in [0, 0.1) is 23.1 Å². The smallest absolute Gasteiger partial charge is 0.408 e. The van der Waals surface area contributed by atoms with E-state index in [0.29, 0.717) is 54.8 Å². The van der Waals surface area contributed by atoms with Crippen LogP contribution in [-0.4, -0.2) is 145 Å². The minimum atomic E-state index is -2.37. The van der Waals surface area contributed by atoms with Crippen molar-refractivity contribution in [2.75, 3.05) is 71.2 Å². The minimum absolute atomic E-state index is 0.0925. The van der Waals surface area contributed by atoms with Crippen molar-refractivity contribution >= 4 is 47.8 Å². The van der Waals surface area contributed by atoms with Crippen molar-refractivity contribution in [3.63, 3.8) is 0 Å². The SMILES string of the molecule is COCOc1cc(-c2ncc3c(N4CC5CCC(C4)N5C(=O)O)nc(OC[C@@H](CN4CCN(Cc5ccccc5)CC4)NC(=O)OC(C)(C)C)nc3c2F)c2c(C#C[Si](C(C)C)(C(C)C)C(C)C)c(F)ccc2c1. The molecule has 396 valence electrons. The number of halogens is 2. The normalized spacial score (nSPS) is 18.0. The van der Waals surface area contributed by atoms with Gasteiger partial charge in [-0.3, -0.25) is 19.7 Å². The largest absolute Gasteiger partial charge is 0.468 e. The summed E-state index contributed by atoms with van der Waals surface area (Å²) in [6, 6.07) is 15.3. The Balaban J connectivity index is 1.21. The van der Waals surface area contributed by atoms with Crippen LogP contribution in [0.1, 0.15) is 86.3 Å². The molecule has 2 unspecified atom stereocenters. The predicted molar refractivity (Wildman–Crippen MR) is 286 cm³/mol. The number of hydrogen-bond donors (Lipinski definition) is 2. The molecule has 0 aliphatic carbocycles. The van der Waals surface area contributed by atoms with E-state index in [-0.39, 0.29) is 75.8 Å². The fraction of sp³-hybridized carbons (Fsp3) is 0.518. The molecule has 8 rings (SSSR count). The predicted octanol–water partition coefficient (Wildman–Crippen LogP) is 10.1. The molecule has 3 saturated heterocycles. The topological polar surface area (TPSA) is 155 Å². The van der Waals surface area contributed by atoms with Crippen LogP contribution in [0.5, 0.6) is 11.8 Å². The second-order valence-corrected chi connectivity index (χ2v) is 27.5. The standard InChI is InChI=1S/C56H72F2N8O7Si/c1-35(2)74(36(3)4,37(5)6)25-20-44-47(57)19-16-39-26-43(72-34-70-10)27-45(48(39)44)50-49(58)51-46(28-59-50)52(65-31-41-17-18-42(32-65)66(41)55(68)69)62-53(61-51)71-33-40(60-54(67)73-56(7,8)9)30-64-23-21-63(22-24-64)29-38-14-12-11-13-15-38/h11-16,19,26-28,35-37,40-42H,17-18,21-24,29-34H2,1-10H3,(H,60,67)(H,68,69)/t40-,41?,42?/m1/s1. The van der Waals surface area contributed by atoms with E-state index >= 15 is 8.78 Å². The number of aromatic nitrogens is 3. The third-order valence-corrected chi connectivity index (χ3v) is 21.2. The van der Waals surface area contributed by atoms with Crippen LogP contribution in [0.2, 0.25) is 16.6 Å². The molecule has 2 bridgehead atoms. The van der Waals surface area contributed by atoms with Crippen molar-refractivity contribution in [3.05, 3.63) is 83.6 Å². The lowest BCUT2D eigenvalue weighted by molar-refractivity contribution is 0.0449. The van der Waals surface area contributed by atoms with Gasteiger partial charge in [0.15, 0.2) is 12.6 Å². The van der Waals surface area contributed by atoms with Crippen LogP contribution in [0.15, 0.2) is 60.8 Å². The number of alkyl carbamates (subject to hydrolysis) is 1. The number of carboxylic acid groups (broad SMARTS) is 1. The lowest BCUT2D eigenvalue weighted by Crippen LogP contribution is -2.55. The number of nitrogens with zero attached hydrogens (tertiary/aromatic N) is 7. The summed E-state index contributed by atoms with van der Waals surface area (Å²) in [6.45, 7) is 23.4. The van der Waals surface area contributed by atoms with Gasteiger partial charge in [0.25, 0.3) is 0 Å². The highest BCUT2D eigenvalue weighted by Gasteiger charge is 2.44. The van der Waals surface area contributed by atoms with Gasteiger partial charge in [-0.15, -0.1) is 5.54 Å². The number of ether oxygens (including phenoxy) is 4. The lowest BCUT2D eigenvalue weighted by Gasteiger charge is -2.40. The van der Waals surface area contributed by atoms with E-state index in [1.165, 1.54) is 29.8 Å². The average Bonchev–Trinajstić information content (AvgIpc) is 3.62. The zero-order valence-electron chi connectivity index (χ0n) is 44.5. The van der Waals surface area contributed by atoms with Crippen molar-refractivity contribution < 1.29 is 42.4 Å². The summed E-state index contributed by atoms with van der Waals surface area (Å²) >= 11 is 0. The molecule has 2 amide bonds. The number of fused-ring (bicyclic) bond motifs is 4. The van der Waals surface area contributed by atoms with Crippen molar-refractivity contribution in [3.8, 4) is 34.5 Å². The van der Waals surface area contributed by atoms with E-state index in [0.717, 1.165) is 32.7 Å². The van der Waals surface area contributed by atoms with Crippen molar-refractivity contribution in [2.45, 2.75) is 122 Å². The summed E-state index contributed by atoms with van der Waals surface area (Å²) < 4.78 is 57.9. The molecular formula is C56H72F2N8O7Si. The molecule has 3 aliphatic heterocycles. The number of anilines is 1. The van der Waals surface area contributed by atoms with Gasteiger partial charge in [0.1, 0.15) is 48.9 Å². The fourth-order valence-corrected chi connectivity index (χ4v) is 16.7. The molecule has 2 N–H and O–H groups in total. The Labute approximate surface area is 434 Å². The molecule has 3 aromatic carbocycles. The first-order chi connectivity index (χ1) is 35.3. The molecule has 5 aromatic rings. The van der Waals surface area contributed by atoms with Crippen LogP contribution in [0.4, 0.5) is 24.2 Å². The molecule has 15 nitrogen and oxygen atoms in total.